The second kappa shape index (κ2) is 10.1. The van der Waals surface area contributed by atoms with E-state index in [1.54, 1.807) is 0 Å². The van der Waals surface area contributed by atoms with Gasteiger partial charge in [-0.05, 0) is 30.7 Å². The van der Waals surface area contributed by atoms with Gasteiger partial charge in [0.2, 0.25) is 0 Å². The first-order chi connectivity index (χ1) is 16.2. The summed E-state index contributed by atoms with van der Waals surface area (Å²) in [6, 6.07) is 18.6. The molecular weight excluding hydrogens is 449 g/mol. The van der Waals surface area contributed by atoms with E-state index in [1.165, 1.54) is 6.07 Å². The molecule has 3 N–H and O–H groups in total. The Hall–Kier alpha value is -4.27. The Morgan fingerprint density at radius 3 is 2.24 bits per heavy atom. The average molecular weight is 470 g/mol. The summed E-state index contributed by atoms with van der Waals surface area (Å²) in [6.45, 7) is 1.75. The third kappa shape index (κ3) is 5.37. The van der Waals surface area contributed by atoms with Gasteiger partial charge in [0.25, 0.3) is 6.47 Å². The Labute approximate surface area is 193 Å². The molecule has 0 aliphatic heterocycles. The van der Waals surface area contributed by atoms with E-state index in [9.17, 15) is 18.0 Å². The van der Waals surface area contributed by atoms with Gasteiger partial charge in [-0.25, -0.2) is 4.79 Å². The molecule has 4 aromatic rings. The van der Waals surface area contributed by atoms with Crippen LogP contribution in [0.2, 0.25) is 0 Å². The number of hydrogen-bond donors (Lipinski definition) is 3. The molecule has 0 atom stereocenters. The van der Waals surface area contributed by atoms with Crippen LogP contribution >= 0.6 is 0 Å². The van der Waals surface area contributed by atoms with Crippen molar-refractivity contribution >= 4 is 34.7 Å². The molecule has 0 saturated carbocycles. The monoisotopic (exact) mass is 470 g/mol. The maximum atomic E-state index is 13.4. The Morgan fingerprint density at radius 1 is 1.03 bits per heavy atom. The number of aromatic nitrogens is 1. The van der Waals surface area contributed by atoms with Crippen LogP contribution in [-0.2, 0) is 15.7 Å². The lowest BCUT2D eigenvalue weighted by Gasteiger charge is -2.12. The van der Waals surface area contributed by atoms with Gasteiger partial charge in [-0.15, -0.1) is 0 Å². The summed E-state index contributed by atoms with van der Waals surface area (Å²) in [5, 5.41) is 11.6. The Morgan fingerprint density at radius 2 is 1.65 bits per heavy atom. The van der Waals surface area contributed by atoms with E-state index in [-0.39, 0.29) is 17.7 Å². The number of ether oxygens (including phenoxy) is 1. The van der Waals surface area contributed by atoms with Gasteiger partial charge in [0, 0.05) is 16.5 Å². The molecule has 0 unspecified atom stereocenters. The predicted octanol–water partition coefficient (Wildman–Crippen LogP) is 6.39. The Kier molecular flexibility index (Phi) is 7.25. The van der Waals surface area contributed by atoms with Gasteiger partial charge in [-0.3, -0.25) is 4.79 Å². The summed E-state index contributed by atoms with van der Waals surface area (Å²) in [6.07, 6.45) is -4.61. The van der Waals surface area contributed by atoms with Gasteiger partial charge in [0.05, 0.1) is 23.9 Å². The summed E-state index contributed by atoms with van der Waals surface area (Å²) in [7, 11) is 1.13. The normalized spacial score (nSPS) is 10.9. The van der Waals surface area contributed by atoms with Gasteiger partial charge < -0.3 is 20.1 Å². The van der Waals surface area contributed by atoms with E-state index >= 15 is 0 Å². The van der Waals surface area contributed by atoms with E-state index in [0.29, 0.717) is 5.82 Å². The minimum atomic E-state index is -4.61. The zero-order chi connectivity index (χ0) is 24.9. The molecule has 34 heavy (non-hydrogen) atoms. The number of carbonyl (C=O) groups is 2. The van der Waals surface area contributed by atoms with E-state index in [1.807, 2.05) is 55.5 Å². The number of benzene rings is 3. The third-order valence-corrected chi connectivity index (χ3v) is 5.01. The number of hydrogen-bond acceptors (Lipinski definition) is 4. The van der Waals surface area contributed by atoms with Crippen molar-refractivity contribution in [3.8, 4) is 11.3 Å². The lowest BCUT2D eigenvalue weighted by molar-refractivity contribution is -0.137. The molecule has 1 aromatic heterocycles. The average Bonchev–Trinajstić information content (AvgIpc) is 3.17. The number of aromatic amines is 1. The molecule has 0 saturated heterocycles. The van der Waals surface area contributed by atoms with Crippen molar-refractivity contribution in [3.05, 3.63) is 83.4 Å². The van der Waals surface area contributed by atoms with E-state index < -0.39 is 17.7 Å². The summed E-state index contributed by atoms with van der Waals surface area (Å²) >= 11 is 0. The minimum Gasteiger partial charge on any atom is -0.483 e. The highest BCUT2D eigenvalue weighted by molar-refractivity contribution is 6.04. The quantitative estimate of drug-likeness (QED) is 0.237. The van der Waals surface area contributed by atoms with Gasteiger partial charge in [0.15, 0.2) is 0 Å². The van der Waals surface area contributed by atoms with Crippen LogP contribution in [0.5, 0.6) is 0 Å². The zero-order valence-electron chi connectivity index (χ0n) is 18.2. The number of carbonyl (C=O) groups excluding carboxylic acids is 1. The first kappa shape index (κ1) is 24.4. The summed E-state index contributed by atoms with van der Waals surface area (Å²) in [5.74, 6) is -0.313. The van der Waals surface area contributed by atoms with Crippen LogP contribution in [0.1, 0.15) is 21.5 Å². The topological polar surface area (TPSA) is 91.4 Å². The Bertz CT molecular complexity index is 1310. The van der Waals surface area contributed by atoms with E-state index in [4.69, 9.17) is 9.90 Å². The van der Waals surface area contributed by atoms with Crippen LogP contribution in [0.4, 0.5) is 24.7 Å². The van der Waals surface area contributed by atoms with Crippen LogP contribution < -0.4 is 5.32 Å². The van der Waals surface area contributed by atoms with Crippen LogP contribution in [0.15, 0.2) is 66.7 Å². The highest BCUT2D eigenvalue weighted by Crippen LogP contribution is 2.37. The largest absolute Gasteiger partial charge is 0.483 e. The van der Waals surface area contributed by atoms with Crippen molar-refractivity contribution in [1.29, 1.82) is 0 Å². The maximum absolute atomic E-state index is 13.4. The molecule has 9 heteroatoms. The first-order valence-electron chi connectivity index (χ1n) is 10.0. The lowest BCUT2D eigenvalue weighted by Crippen LogP contribution is -2.10. The fourth-order valence-corrected chi connectivity index (χ4v) is 3.47. The van der Waals surface area contributed by atoms with Crippen molar-refractivity contribution in [3.63, 3.8) is 0 Å². The number of aryl methyl sites for hydroxylation is 1. The number of methoxy groups -OCH3 is 1. The number of fused-ring (bicyclic) bond motifs is 1. The highest BCUT2D eigenvalue weighted by Gasteiger charge is 2.32. The van der Waals surface area contributed by atoms with Crippen LogP contribution in [-0.4, -0.2) is 29.6 Å². The number of carboxylic acid groups (broad SMARTS) is 1. The molecule has 0 amide bonds. The molecule has 6 nitrogen and oxygen atoms in total. The standard InChI is InChI=1S/C24H19F3N2O2.CH2O2/c1-14-7-9-15(10-8-14)21-19-5-3-4-6-20(19)22(29-21)28-18-12-16(23(30)31-2)11-17(13-18)24(25,26)27;2-1-3/h3-13,28-29H,1-2H3;1H,(H,2,3). The summed E-state index contributed by atoms with van der Waals surface area (Å²) in [5.41, 5.74) is 1.92. The number of alkyl halides is 3. The highest BCUT2D eigenvalue weighted by atomic mass is 19.4. The smallest absolute Gasteiger partial charge is 0.416 e. The molecule has 0 radical (unpaired) electrons. The number of esters is 1. The van der Waals surface area contributed by atoms with E-state index in [0.717, 1.165) is 46.8 Å². The Balaban J connectivity index is 0.00000103. The second-order valence-electron chi connectivity index (χ2n) is 7.31. The van der Waals surface area contributed by atoms with Crippen molar-refractivity contribution < 1.29 is 32.6 Å². The van der Waals surface area contributed by atoms with Crippen molar-refractivity contribution in [1.82, 2.24) is 4.98 Å². The molecule has 0 aliphatic carbocycles. The van der Waals surface area contributed by atoms with Crippen LogP contribution in [0.25, 0.3) is 22.0 Å². The summed E-state index contributed by atoms with van der Waals surface area (Å²) < 4.78 is 44.7. The first-order valence-corrected chi connectivity index (χ1v) is 10.0. The van der Waals surface area contributed by atoms with E-state index in [2.05, 4.69) is 15.0 Å². The molecule has 1 heterocycles. The molecule has 0 spiro atoms. The number of anilines is 2. The number of nitrogens with one attached hydrogen (secondary N) is 2. The lowest BCUT2D eigenvalue weighted by atomic mass is 10.1. The molecule has 0 aliphatic rings. The fourth-order valence-electron chi connectivity index (χ4n) is 3.47. The number of halogens is 3. The SMILES string of the molecule is COC(=O)c1cc(Nc2[nH]c(-c3ccc(C)cc3)c3ccccc23)cc(C(F)(F)F)c1.O=CO. The summed E-state index contributed by atoms with van der Waals surface area (Å²) in [4.78, 5) is 23.5. The second-order valence-corrected chi connectivity index (χ2v) is 7.31. The number of H-pyrrole nitrogens is 1. The van der Waals surface area contributed by atoms with Crippen LogP contribution in [0, 0.1) is 6.92 Å². The van der Waals surface area contributed by atoms with Gasteiger partial charge in [0.1, 0.15) is 5.82 Å². The molecule has 176 valence electrons. The zero-order valence-corrected chi connectivity index (χ0v) is 18.2. The van der Waals surface area contributed by atoms with Crippen molar-refractivity contribution in [2.45, 2.75) is 13.1 Å². The molecule has 3 aromatic carbocycles. The third-order valence-electron chi connectivity index (χ3n) is 5.01. The van der Waals surface area contributed by atoms with Crippen molar-refractivity contribution in [2.24, 2.45) is 0 Å². The predicted molar refractivity (Wildman–Crippen MR) is 123 cm³/mol. The maximum Gasteiger partial charge on any atom is 0.416 e. The van der Waals surface area contributed by atoms with Crippen LogP contribution in [0.3, 0.4) is 0 Å². The van der Waals surface area contributed by atoms with Gasteiger partial charge in [-0.2, -0.15) is 13.2 Å². The molecular formula is C25H21F3N2O4. The minimum absolute atomic E-state index is 0.123. The fraction of sp³-hybridized carbons (Fsp3) is 0.120. The molecule has 4 rings (SSSR count). The molecule has 0 bridgehead atoms. The molecule has 0 fully saturated rings. The van der Waals surface area contributed by atoms with Gasteiger partial charge >= 0.3 is 12.1 Å². The van der Waals surface area contributed by atoms with Crippen molar-refractivity contribution in [2.75, 3.05) is 12.4 Å². The number of rotatable bonds is 4. The van der Waals surface area contributed by atoms with Gasteiger partial charge in [-0.1, -0.05) is 54.1 Å².